The highest BCUT2D eigenvalue weighted by atomic mass is 19.1. The highest BCUT2D eigenvalue weighted by Gasteiger charge is 2.19. The molecule has 124 valence electrons. The number of urea groups is 1. The van der Waals surface area contributed by atoms with E-state index in [4.69, 9.17) is 5.26 Å². The molecule has 0 aliphatic heterocycles. The molecule has 0 spiro atoms. The van der Waals surface area contributed by atoms with Gasteiger partial charge in [0.05, 0.1) is 23.4 Å². The number of pyridine rings is 1. The van der Waals surface area contributed by atoms with Gasteiger partial charge in [-0.15, -0.1) is 0 Å². The number of rotatable bonds is 5. The van der Waals surface area contributed by atoms with Gasteiger partial charge >= 0.3 is 6.03 Å². The van der Waals surface area contributed by atoms with Crippen LogP contribution in [0.3, 0.4) is 0 Å². The van der Waals surface area contributed by atoms with Crippen LogP contribution in [0.25, 0.3) is 0 Å². The predicted octanol–water partition coefficient (Wildman–Crippen LogP) is 3.29. The summed E-state index contributed by atoms with van der Waals surface area (Å²) in [6.07, 6.45) is 1.67. The second-order valence-electron chi connectivity index (χ2n) is 5.72. The molecule has 2 rings (SSSR count). The molecule has 1 aromatic heterocycles. The summed E-state index contributed by atoms with van der Waals surface area (Å²) in [5.74, 6) is -0.316. The van der Waals surface area contributed by atoms with Crippen molar-refractivity contribution in [1.82, 2.24) is 15.6 Å². The monoisotopic (exact) mass is 326 g/mol. The highest BCUT2D eigenvalue weighted by molar-refractivity contribution is 5.74. The minimum atomic E-state index is -0.459. The molecular formula is C18H19FN4O. The van der Waals surface area contributed by atoms with Crippen LogP contribution >= 0.6 is 0 Å². The molecule has 0 fully saturated rings. The molecule has 1 heterocycles. The lowest BCUT2D eigenvalue weighted by atomic mass is 10.0. The molecule has 1 aromatic carbocycles. The smallest absolute Gasteiger partial charge is 0.315 e. The van der Waals surface area contributed by atoms with Crippen molar-refractivity contribution in [3.05, 3.63) is 65.2 Å². The summed E-state index contributed by atoms with van der Waals surface area (Å²) in [5.41, 5.74) is 1.38. The topological polar surface area (TPSA) is 77.8 Å². The van der Waals surface area contributed by atoms with Crippen LogP contribution in [0, 0.1) is 23.1 Å². The minimum absolute atomic E-state index is 0.000218. The number of hydrogen-bond acceptors (Lipinski definition) is 3. The Morgan fingerprint density at radius 3 is 2.75 bits per heavy atom. The van der Waals surface area contributed by atoms with E-state index in [1.807, 2.05) is 38.1 Å². The van der Waals surface area contributed by atoms with Gasteiger partial charge in [-0.1, -0.05) is 19.9 Å². The second-order valence-corrected chi connectivity index (χ2v) is 5.72. The third-order valence-corrected chi connectivity index (χ3v) is 3.57. The number of nitriles is 1. The third kappa shape index (κ3) is 4.53. The lowest BCUT2D eigenvalue weighted by Crippen LogP contribution is -2.39. The average molecular weight is 326 g/mol. The Balaban J connectivity index is 2.01. The van der Waals surface area contributed by atoms with Crippen molar-refractivity contribution >= 4 is 6.03 Å². The van der Waals surface area contributed by atoms with Crippen LogP contribution in [-0.2, 0) is 6.54 Å². The van der Waals surface area contributed by atoms with Gasteiger partial charge in [-0.05, 0) is 36.2 Å². The zero-order chi connectivity index (χ0) is 17.5. The highest BCUT2D eigenvalue weighted by Crippen LogP contribution is 2.19. The Hall–Kier alpha value is -2.94. The van der Waals surface area contributed by atoms with Crippen molar-refractivity contribution in [1.29, 1.82) is 5.26 Å². The van der Waals surface area contributed by atoms with Crippen molar-refractivity contribution in [2.45, 2.75) is 26.4 Å². The van der Waals surface area contributed by atoms with Crippen LogP contribution in [0.4, 0.5) is 9.18 Å². The fourth-order valence-corrected chi connectivity index (χ4v) is 2.29. The van der Waals surface area contributed by atoms with Crippen molar-refractivity contribution < 1.29 is 9.18 Å². The first-order valence-electron chi connectivity index (χ1n) is 7.65. The van der Waals surface area contributed by atoms with Crippen LogP contribution in [0.1, 0.15) is 36.7 Å². The number of nitrogens with zero attached hydrogens (tertiary/aromatic N) is 2. The number of carbonyl (C=O) groups excluding carboxylic acids is 1. The van der Waals surface area contributed by atoms with E-state index in [0.29, 0.717) is 5.56 Å². The molecular weight excluding hydrogens is 307 g/mol. The van der Waals surface area contributed by atoms with E-state index in [9.17, 15) is 9.18 Å². The summed E-state index contributed by atoms with van der Waals surface area (Å²) in [4.78, 5) is 16.4. The Morgan fingerprint density at radius 2 is 2.12 bits per heavy atom. The lowest BCUT2D eigenvalue weighted by molar-refractivity contribution is 0.232. The van der Waals surface area contributed by atoms with Gasteiger partial charge in [0.1, 0.15) is 5.82 Å². The molecule has 0 aliphatic rings. The van der Waals surface area contributed by atoms with E-state index < -0.39 is 11.8 Å². The molecule has 0 bridgehead atoms. The Morgan fingerprint density at radius 1 is 1.33 bits per heavy atom. The van der Waals surface area contributed by atoms with Crippen molar-refractivity contribution in [2.24, 2.45) is 5.92 Å². The number of aromatic nitrogens is 1. The number of carbonyl (C=O) groups is 1. The first-order chi connectivity index (χ1) is 11.5. The molecule has 2 aromatic rings. The third-order valence-electron chi connectivity index (χ3n) is 3.57. The van der Waals surface area contributed by atoms with E-state index in [1.54, 1.807) is 6.20 Å². The largest absolute Gasteiger partial charge is 0.334 e. The van der Waals surface area contributed by atoms with E-state index in [0.717, 1.165) is 5.69 Å². The van der Waals surface area contributed by atoms with Crippen molar-refractivity contribution in [3.63, 3.8) is 0 Å². The van der Waals surface area contributed by atoms with Crippen LogP contribution in [-0.4, -0.2) is 11.0 Å². The maximum atomic E-state index is 13.7. The van der Waals surface area contributed by atoms with Gasteiger partial charge in [0.25, 0.3) is 0 Å². The molecule has 0 aliphatic carbocycles. The predicted molar refractivity (Wildman–Crippen MR) is 88.3 cm³/mol. The van der Waals surface area contributed by atoms with Crippen LogP contribution in [0.2, 0.25) is 0 Å². The molecule has 0 saturated heterocycles. The van der Waals surface area contributed by atoms with E-state index in [1.165, 1.54) is 18.2 Å². The normalized spacial score (nSPS) is 11.6. The van der Waals surface area contributed by atoms with Crippen LogP contribution in [0.15, 0.2) is 42.6 Å². The number of benzene rings is 1. The summed E-state index contributed by atoms with van der Waals surface area (Å²) >= 11 is 0. The van der Waals surface area contributed by atoms with Gasteiger partial charge in [-0.25, -0.2) is 9.18 Å². The Labute approximate surface area is 140 Å². The van der Waals surface area contributed by atoms with Gasteiger partial charge in [0.2, 0.25) is 0 Å². The van der Waals surface area contributed by atoms with E-state index >= 15 is 0 Å². The zero-order valence-corrected chi connectivity index (χ0v) is 13.6. The number of hydrogen-bond donors (Lipinski definition) is 2. The summed E-state index contributed by atoms with van der Waals surface area (Å²) < 4.78 is 13.7. The van der Waals surface area contributed by atoms with Crippen LogP contribution < -0.4 is 10.6 Å². The molecule has 2 N–H and O–H groups in total. The molecule has 2 amide bonds. The van der Waals surface area contributed by atoms with Crippen molar-refractivity contribution in [2.75, 3.05) is 0 Å². The van der Waals surface area contributed by atoms with Gasteiger partial charge in [-0.3, -0.25) is 4.98 Å². The van der Waals surface area contributed by atoms with E-state index in [2.05, 4.69) is 15.6 Å². The van der Waals surface area contributed by atoms with Crippen molar-refractivity contribution in [3.8, 4) is 6.07 Å². The summed E-state index contributed by atoms with van der Waals surface area (Å²) in [5, 5.41) is 14.3. The number of nitrogens with one attached hydrogen (secondary N) is 2. The number of amides is 2. The maximum Gasteiger partial charge on any atom is 0.315 e. The zero-order valence-electron chi connectivity index (χ0n) is 13.6. The second kappa shape index (κ2) is 8.06. The first kappa shape index (κ1) is 17.4. The fourth-order valence-electron chi connectivity index (χ4n) is 2.29. The summed E-state index contributed by atoms with van der Waals surface area (Å²) in [6, 6.07) is 10.8. The van der Waals surface area contributed by atoms with E-state index in [-0.39, 0.29) is 24.1 Å². The lowest BCUT2D eigenvalue weighted by Gasteiger charge is -2.22. The van der Waals surface area contributed by atoms with Gasteiger partial charge in [0, 0.05) is 18.3 Å². The molecule has 24 heavy (non-hydrogen) atoms. The molecule has 0 saturated carbocycles. The van der Waals surface area contributed by atoms with Gasteiger partial charge in [-0.2, -0.15) is 5.26 Å². The molecule has 5 nitrogen and oxygen atoms in total. The standard InChI is InChI=1S/C18H19FN4O/c1-12(2)17(16-5-3-4-8-21-16)23-18(24)22-11-14-9-13(10-20)6-7-15(14)19/h3-9,12,17H,11H2,1-2H3,(H2,22,23,24)/t17-/m1/s1. The quantitative estimate of drug-likeness (QED) is 0.885. The number of halogens is 1. The average Bonchev–Trinajstić information content (AvgIpc) is 2.59. The fraction of sp³-hybridized carbons (Fsp3) is 0.278. The summed E-state index contributed by atoms with van der Waals surface area (Å²) in [6.45, 7) is 3.96. The molecule has 0 radical (unpaired) electrons. The first-order valence-corrected chi connectivity index (χ1v) is 7.65. The SMILES string of the molecule is CC(C)[C@@H](NC(=O)NCc1cc(C#N)ccc1F)c1ccccn1. The Bertz CT molecular complexity index is 740. The Kier molecular flexibility index (Phi) is 5.85. The molecule has 6 heteroatoms. The van der Waals surface area contributed by atoms with Crippen LogP contribution in [0.5, 0.6) is 0 Å². The van der Waals surface area contributed by atoms with Gasteiger partial charge < -0.3 is 10.6 Å². The van der Waals surface area contributed by atoms with Gasteiger partial charge in [0.15, 0.2) is 0 Å². The maximum absolute atomic E-state index is 13.7. The molecule has 0 unspecified atom stereocenters. The summed E-state index contributed by atoms with van der Waals surface area (Å²) in [7, 11) is 0. The minimum Gasteiger partial charge on any atom is -0.334 e. The molecule has 1 atom stereocenters.